The van der Waals surface area contributed by atoms with E-state index in [-0.39, 0.29) is 31.8 Å². The molecule has 0 spiro atoms. The highest BCUT2D eigenvalue weighted by Crippen LogP contribution is 2.44. The number of H-pyrrole nitrogens is 1. The number of primary amides is 1. The molecule has 14 nitrogen and oxygen atoms in total. The largest absolute Gasteiger partial charge is 0.481 e. The summed E-state index contributed by atoms with van der Waals surface area (Å²) in [5, 5.41) is 23.1. The lowest BCUT2D eigenvalue weighted by molar-refractivity contribution is -0.141. The average Bonchev–Trinajstić information content (AvgIpc) is 3.88. The van der Waals surface area contributed by atoms with Crippen molar-refractivity contribution in [2.75, 3.05) is 6.61 Å². The lowest BCUT2D eigenvalue weighted by Gasteiger charge is -2.26. The Labute approximate surface area is 379 Å². The SMILES string of the molecule is NC(=O)[C@H](Cc1ccccc1)NC(=O)[C@H](CC(=O)O)NC(=O)[C@H](Cc1ccc2ccccc2c1)NC(=O)[C@H](Cc1c[nH]c2ccccc12)NC(=O)OCC1c2ccccc2-c2ccccc21. The average molecular weight is 885 g/mol. The lowest BCUT2D eigenvalue weighted by atomic mass is 9.98. The molecule has 1 aliphatic rings. The number of nitrogens with two attached hydrogens (primary N) is 1. The quantitative estimate of drug-likeness (QED) is 0.0568. The van der Waals surface area contributed by atoms with Gasteiger partial charge in [0.2, 0.25) is 23.6 Å². The van der Waals surface area contributed by atoms with E-state index in [1.165, 1.54) is 0 Å². The van der Waals surface area contributed by atoms with Crippen molar-refractivity contribution in [1.82, 2.24) is 26.3 Å². The number of para-hydroxylation sites is 1. The summed E-state index contributed by atoms with van der Waals surface area (Å²) < 4.78 is 5.87. The number of ether oxygens (including phenoxy) is 1. The summed E-state index contributed by atoms with van der Waals surface area (Å²) in [6.07, 6.45) is -0.0419. The predicted molar refractivity (Wildman–Crippen MR) is 249 cm³/mol. The highest BCUT2D eigenvalue weighted by atomic mass is 16.5. The van der Waals surface area contributed by atoms with Gasteiger partial charge in [-0.2, -0.15) is 0 Å². The van der Waals surface area contributed by atoms with Crippen LogP contribution >= 0.6 is 0 Å². The molecular weight excluding hydrogens is 837 g/mol. The summed E-state index contributed by atoms with van der Waals surface area (Å²) >= 11 is 0. The van der Waals surface area contributed by atoms with E-state index < -0.39 is 66.3 Å². The summed E-state index contributed by atoms with van der Waals surface area (Å²) in [5.74, 6) is -5.11. The fraction of sp³-hybridized carbons (Fsp3) is 0.192. The van der Waals surface area contributed by atoms with Crippen molar-refractivity contribution in [2.24, 2.45) is 5.73 Å². The van der Waals surface area contributed by atoms with Gasteiger partial charge < -0.3 is 41.8 Å². The number of hydrogen-bond acceptors (Lipinski definition) is 7. The zero-order chi connectivity index (χ0) is 46.2. The molecular formula is C52H48N6O8. The number of carbonyl (C=O) groups is 6. The molecule has 4 atom stereocenters. The number of hydrogen-bond donors (Lipinski definition) is 7. The molecule has 8 N–H and O–H groups in total. The van der Waals surface area contributed by atoms with Crippen molar-refractivity contribution in [3.63, 3.8) is 0 Å². The molecule has 5 amide bonds. The van der Waals surface area contributed by atoms with E-state index in [0.29, 0.717) is 16.7 Å². The fourth-order valence-corrected chi connectivity index (χ4v) is 8.60. The molecule has 0 fully saturated rings. The number of rotatable bonds is 18. The number of aromatic amines is 1. The van der Waals surface area contributed by atoms with E-state index in [0.717, 1.165) is 43.9 Å². The number of amides is 5. The normalized spacial score (nSPS) is 13.6. The maximum Gasteiger partial charge on any atom is 0.407 e. The van der Waals surface area contributed by atoms with Crippen molar-refractivity contribution < 1.29 is 38.6 Å². The smallest absolute Gasteiger partial charge is 0.407 e. The Bertz CT molecular complexity index is 2890. The Kier molecular flexibility index (Phi) is 13.5. The molecule has 0 saturated heterocycles. The zero-order valence-corrected chi connectivity index (χ0v) is 35.7. The number of aromatic nitrogens is 1. The number of benzene rings is 6. The third-order valence-electron chi connectivity index (χ3n) is 11.9. The van der Waals surface area contributed by atoms with Crippen LogP contribution in [-0.2, 0) is 48.0 Å². The Morgan fingerprint density at radius 1 is 0.576 bits per heavy atom. The minimum atomic E-state index is -1.68. The minimum absolute atomic E-state index is 0.00960. The standard InChI is InChI=1S/C52H48N6O8/c53-48(61)43(25-31-12-2-1-3-13-31)55-51(64)46(28-47(59)60)57-49(62)44(26-32-22-23-33-14-4-5-15-34(33)24-32)56-50(63)45(27-35-29-54-42-21-11-10-16-36(35)42)58-52(65)66-30-41-39-19-8-6-17-37(39)38-18-7-9-20-40(38)41/h1-24,29,41,43-46,54H,25-28,30H2,(H2,53,61)(H,55,64)(H,56,63)(H,57,62)(H,58,65)(H,59,60)/t43-,44-,45-,46-/m0/s1. The van der Waals surface area contributed by atoms with Gasteiger partial charge in [-0.15, -0.1) is 0 Å². The number of alkyl carbamates (subject to hydrolysis) is 1. The van der Waals surface area contributed by atoms with E-state index in [9.17, 15) is 33.9 Å². The summed E-state index contributed by atoms with van der Waals surface area (Å²) in [6, 6.07) is 39.7. The zero-order valence-electron chi connectivity index (χ0n) is 35.7. The summed E-state index contributed by atoms with van der Waals surface area (Å²) in [4.78, 5) is 84.4. The number of carboxylic acids is 1. The van der Waals surface area contributed by atoms with Crippen molar-refractivity contribution >= 4 is 57.4 Å². The molecule has 14 heteroatoms. The van der Waals surface area contributed by atoms with Crippen LogP contribution < -0.4 is 27.0 Å². The third kappa shape index (κ3) is 10.4. The van der Waals surface area contributed by atoms with Gasteiger partial charge in [-0.1, -0.05) is 140 Å². The second kappa shape index (κ2) is 20.1. The van der Waals surface area contributed by atoms with Gasteiger partial charge >= 0.3 is 12.1 Å². The van der Waals surface area contributed by atoms with Crippen LogP contribution in [-0.4, -0.2) is 76.6 Å². The van der Waals surface area contributed by atoms with Gasteiger partial charge in [0, 0.05) is 42.3 Å². The van der Waals surface area contributed by atoms with Gasteiger partial charge in [0.25, 0.3) is 0 Å². The van der Waals surface area contributed by atoms with E-state index >= 15 is 0 Å². The lowest BCUT2D eigenvalue weighted by Crippen LogP contribution is -2.59. The molecule has 0 saturated carbocycles. The van der Waals surface area contributed by atoms with E-state index in [4.69, 9.17) is 10.5 Å². The molecule has 0 bridgehead atoms. The number of carbonyl (C=O) groups excluding carboxylic acids is 5. The summed E-state index contributed by atoms with van der Waals surface area (Å²) in [6.45, 7) is -0.0106. The van der Waals surface area contributed by atoms with Crippen LogP contribution in [0.1, 0.15) is 40.2 Å². The first kappa shape index (κ1) is 44.4. The molecule has 66 heavy (non-hydrogen) atoms. The van der Waals surface area contributed by atoms with E-state index in [2.05, 4.69) is 26.3 Å². The first-order valence-electron chi connectivity index (χ1n) is 21.6. The third-order valence-corrected chi connectivity index (χ3v) is 11.9. The molecule has 1 heterocycles. The van der Waals surface area contributed by atoms with Crippen LogP contribution in [0.2, 0.25) is 0 Å². The van der Waals surface area contributed by atoms with Crippen LogP contribution in [0.5, 0.6) is 0 Å². The van der Waals surface area contributed by atoms with Gasteiger partial charge in [-0.3, -0.25) is 24.0 Å². The van der Waals surface area contributed by atoms with Crippen molar-refractivity contribution in [2.45, 2.75) is 55.8 Å². The van der Waals surface area contributed by atoms with Gasteiger partial charge in [0.05, 0.1) is 6.42 Å². The topological polar surface area (TPSA) is 222 Å². The molecule has 1 aromatic heterocycles. The van der Waals surface area contributed by atoms with E-state index in [1.54, 1.807) is 42.6 Å². The molecule has 334 valence electrons. The van der Waals surface area contributed by atoms with Crippen molar-refractivity contribution in [1.29, 1.82) is 0 Å². The molecule has 1 aliphatic carbocycles. The number of fused-ring (bicyclic) bond motifs is 5. The molecule has 0 unspecified atom stereocenters. The first-order valence-corrected chi connectivity index (χ1v) is 21.6. The van der Waals surface area contributed by atoms with Crippen molar-refractivity contribution in [3.05, 3.63) is 180 Å². The highest BCUT2D eigenvalue weighted by molar-refractivity contribution is 5.97. The van der Waals surface area contributed by atoms with Crippen molar-refractivity contribution in [3.8, 4) is 11.1 Å². The first-order chi connectivity index (χ1) is 32.0. The summed E-state index contributed by atoms with van der Waals surface area (Å²) in [5.41, 5.74) is 12.6. The van der Waals surface area contributed by atoms with Crippen LogP contribution in [0.3, 0.4) is 0 Å². The van der Waals surface area contributed by atoms with Gasteiger partial charge in [0.1, 0.15) is 30.8 Å². The molecule has 8 rings (SSSR count). The second-order valence-corrected chi connectivity index (χ2v) is 16.3. The summed E-state index contributed by atoms with van der Waals surface area (Å²) in [7, 11) is 0. The Balaban J connectivity index is 1.05. The van der Waals surface area contributed by atoms with Gasteiger partial charge in [-0.25, -0.2) is 4.79 Å². The molecule has 6 aromatic carbocycles. The second-order valence-electron chi connectivity index (χ2n) is 16.3. The molecule has 7 aromatic rings. The van der Waals surface area contributed by atoms with Gasteiger partial charge in [-0.05, 0) is 55.8 Å². The highest BCUT2D eigenvalue weighted by Gasteiger charge is 2.34. The minimum Gasteiger partial charge on any atom is -0.481 e. The number of nitrogens with one attached hydrogen (secondary N) is 5. The predicted octanol–water partition coefficient (Wildman–Crippen LogP) is 5.67. The maximum atomic E-state index is 14.6. The maximum absolute atomic E-state index is 14.6. The molecule has 0 radical (unpaired) electrons. The molecule has 0 aliphatic heterocycles. The van der Waals surface area contributed by atoms with Crippen LogP contribution in [0, 0.1) is 0 Å². The van der Waals surface area contributed by atoms with Crippen LogP contribution in [0.4, 0.5) is 4.79 Å². The van der Waals surface area contributed by atoms with E-state index in [1.807, 2.05) is 109 Å². The monoisotopic (exact) mass is 884 g/mol. The Hall–Kier alpha value is -8.26. The number of aliphatic carboxylic acids is 1. The van der Waals surface area contributed by atoms with Crippen LogP contribution in [0.25, 0.3) is 32.8 Å². The Morgan fingerprint density at radius 2 is 1.14 bits per heavy atom. The Morgan fingerprint density at radius 3 is 1.83 bits per heavy atom. The van der Waals surface area contributed by atoms with Gasteiger partial charge in [0.15, 0.2) is 0 Å². The fourth-order valence-electron chi connectivity index (χ4n) is 8.60. The number of carboxylic acid groups (broad SMARTS) is 1. The van der Waals surface area contributed by atoms with Crippen LogP contribution in [0.15, 0.2) is 152 Å².